The molecule has 0 radical (unpaired) electrons. The van der Waals surface area contributed by atoms with Crippen molar-refractivity contribution in [1.82, 2.24) is 15.5 Å². The largest absolute Gasteiger partial charge is 0.339 e. The summed E-state index contributed by atoms with van der Waals surface area (Å²) >= 11 is 0. The van der Waals surface area contributed by atoms with E-state index in [0.717, 1.165) is 30.5 Å². The van der Waals surface area contributed by atoms with Crippen molar-refractivity contribution in [3.8, 4) is 11.4 Å². The summed E-state index contributed by atoms with van der Waals surface area (Å²) < 4.78 is 4.99. The highest BCUT2D eigenvalue weighted by Crippen LogP contribution is 2.29. The van der Waals surface area contributed by atoms with Gasteiger partial charge in [-0.3, -0.25) is 0 Å². The Balaban J connectivity index is 1.41. The highest BCUT2D eigenvalue weighted by Gasteiger charge is 2.21. The molecule has 1 aromatic heterocycles. The van der Waals surface area contributed by atoms with Crippen LogP contribution in [0.3, 0.4) is 0 Å². The lowest BCUT2D eigenvalue weighted by Gasteiger charge is -2.26. The first-order chi connectivity index (χ1) is 12.7. The summed E-state index contributed by atoms with van der Waals surface area (Å²) in [5, 5.41) is 9.86. The van der Waals surface area contributed by atoms with Crippen molar-refractivity contribution in [2.24, 2.45) is 0 Å². The molecular weight excluding hydrogens is 328 g/mol. The van der Waals surface area contributed by atoms with Crippen LogP contribution in [-0.4, -0.2) is 16.2 Å². The fraction of sp³-hybridized carbons (Fsp3) is 0.250. The van der Waals surface area contributed by atoms with Crippen LogP contribution < -0.4 is 10.6 Å². The van der Waals surface area contributed by atoms with Gasteiger partial charge in [-0.2, -0.15) is 4.98 Å². The lowest BCUT2D eigenvalue weighted by Crippen LogP contribution is -2.34. The van der Waals surface area contributed by atoms with Crippen LogP contribution in [0.25, 0.3) is 11.4 Å². The number of nitrogens with one attached hydrogen (secondary N) is 2. The van der Waals surface area contributed by atoms with Gasteiger partial charge in [0.2, 0.25) is 11.7 Å². The number of aryl methyl sites for hydroxylation is 2. The van der Waals surface area contributed by atoms with E-state index in [9.17, 15) is 4.79 Å². The van der Waals surface area contributed by atoms with Gasteiger partial charge < -0.3 is 15.2 Å². The second kappa shape index (κ2) is 7.00. The number of hydrogen-bond acceptors (Lipinski definition) is 4. The topological polar surface area (TPSA) is 80.0 Å². The third-order valence-electron chi connectivity index (χ3n) is 4.60. The van der Waals surface area contributed by atoms with E-state index >= 15 is 0 Å². The molecule has 0 bridgehead atoms. The van der Waals surface area contributed by atoms with Crippen LogP contribution in [0.2, 0.25) is 0 Å². The SMILES string of the molecule is Cc1nc(-c2ccc(NC(=O)NC3CCCc4ccccc43)cc2)no1. The van der Waals surface area contributed by atoms with Crippen molar-refractivity contribution >= 4 is 11.7 Å². The molecule has 0 saturated carbocycles. The molecule has 1 unspecified atom stereocenters. The molecule has 2 N–H and O–H groups in total. The van der Waals surface area contributed by atoms with Crippen molar-refractivity contribution in [3.05, 3.63) is 65.5 Å². The second-order valence-corrected chi connectivity index (χ2v) is 6.46. The monoisotopic (exact) mass is 348 g/mol. The van der Waals surface area contributed by atoms with Crippen LogP contribution in [-0.2, 0) is 6.42 Å². The van der Waals surface area contributed by atoms with E-state index in [4.69, 9.17) is 4.52 Å². The zero-order valence-corrected chi connectivity index (χ0v) is 14.5. The molecule has 4 rings (SSSR count). The highest BCUT2D eigenvalue weighted by atomic mass is 16.5. The average molecular weight is 348 g/mol. The summed E-state index contributed by atoms with van der Waals surface area (Å²) in [5.41, 5.74) is 4.10. The summed E-state index contributed by atoms with van der Waals surface area (Å²) in [6.45, 7) is 1.75. The molecule has 2 amide bonds. The summed E-state index contributed by atoms with van der Waals surface area (Å²) in [7, 11) is 0. The van der Waals surface area contributed by atoms with E-state index < -0.39 is 0 Å². The highest BCUT2D eigenvalue weighted by molar-refractivity contribution is 5.89. The molecule has 6 heteroatoms. The van der Waals surface area contributed by atoms with Crippen molar-refractivity contribution in [2.75, 3.05) is 5.32 Å². The van der Waals surface area contributed by atoms with Crippen LogP contribution in [0.1, 0.15) is 35.9 Å². The molecule has 26 heavy (non-hydrogen) atoms. The smallest absolute Gasteiger partial charge is 0.319 e. The predicted octanol–water partition coefficient (Wildman–Crippen LogP) is 4.24. The van der Waals surface area contributed by atoms with Gasteiger partial charge in [0.1, 0.15) is 0 Å². The Labute approximate surface area is 151 Å². The first kappa shape index (κ1) is 16.3. The molecule has 2 aromatic carbocycles. The normalized spacial score (nSPS) is 16.0. The van der Waals surface area contributed by atoms with Gasteiger partial charge in [0.25, 0.3) is 0 Å². The van der Waals surface area contributed by atoms with Gasteiger partial charge in [-0.25, -0.2) is 4.79 Å². The summed E-state index contributed by atoms with van der Waals surface area (Å²) in [6.07, 6.45) is 3.12. The molecule has 0 spiro atoms. The molecule has 1 aliphatic rings. The number of carbonyl (C=O) groups is 1. The minimum Gasteiger partial charge on any atom is -0.339 e. The van der Waals surface area contributed by atoms with E-state index in [0.29, 0.717) is 11.7 Å². The second-order valence-electron chi connectivity index (χ2n) is 6.46. The summed E-state index contributed by atoms with van der Waals surface area (Å²) in [6, 6.07) is 15.5. The zero-order chi connectivity index (χ0) is 17.9. The third-order valence-corrected chi connectivity index (χ3v) is 4.60. The number of rotatable bonds is 3. The number of anilines is 1. The molecule has 1 atom stereocenters. The van der Waals surface area contributed by atoms with E-state index in [2.05, 4.69) is 32.9 Å². The third kappa shape index (κ3) is 3.44. The average Bonchev–Trinajstić information content (AvgIpc) is 3.09. The molecule has 6 nitrogen and oxygen atoms in total. The standard InChI is InChI=1S/C20H20N4O2/c1-13-21-19(24-26-13)15-9-11-16(12-10-15)22-20(25)23-18-8-4-6-14-5-2-3-7-17(14)18/h2-3,5,7,9-12,18H,4,6,8H2,1H3,(H2,22,23,25). The first-order valence-electron chi connectivity index (χ1n) is 8.75. The van der Waals surface area contributed by atoms with Crippen molar-refractivity contribution in [1.29, 1.82) is 0 Å². The molecule has 0 aliphatic heterocycles. The minimum absolute atomic E-state index is 0.0570. The maximum Gasteiger partial charge on any atom is 0.319 e. The Morgan fingerprint density at radius 2 is 1.96 bits per heavy atom. The van der Waals surface area contributed by atoms with Crippen molar-refractivity contribution in [2.45, 2.75) is 32.2 Å². The van der Waals surface area contributed by atoms with Crippen LogP contribution in [0.4, 0.5) is 10.5 Å². The molecule has 1 heterocycles. The zero-order valence-electron chi connectivity index (χ0n) is 14.5. The van der Waals surface area contributed by atoms with Crippen LogP contribution in [0, 0.1) is 6.92 Å². The Morgan fingerprint density at radius 3 is 2.73 bits per heavy atom. The Hall–Kier alpha value is -3.15. The van der Waals surface area contributed by atoms with Crippen molar-refractivity contribution in [3.63, 3.8) is 0 Å². The number of aromatic nitrogens is 2. The van der Waals surface area contributed by atoms with Gasteiger partial charge >= 0.3 is 6.03 Å². The maximum absolute atomic E-state index is 12.4. The number of hydrogen-bond donors (Lipinski definition) is 2. The number of carbonyl (C=O) groups excluding carboxylic acids is 1. The van der Waals surface area contributed by atoms with Gasteiger partial charge in [-0.1, -0.05) is 29.4 Å². The van der Waals surface area contributed by atoms with E-state index in [1.54, 1.807) is 6.92 Å². The van der Waals surface area contributed by atoms with Crippen LogP contribution in [0.5, 0.6) is 0 Å². The Bertz CT molecular complexity index is 918. The van der Waals surface area contributed by atoms with Crippen LogP contribution in [0.15, 0.2) is 53.1 Å². The molecule has 3 aromatic rings. The lowest BCUT2D eigenvalue weighted by molar-refractivity contribution is 0.247. The Morgan fingerprint density at radius 1 is 1.15 bits per heavy atom. The Kier molecular flexibility index (Phi) is 4.39. The van der Waals surface area contributed by atoms with E-state index in [1.165, 1.54) is 11.1 Å². The lowest BCUT2D eigenvalue weighted by atomic mass is 9.88. The molecule has 132 valence electrons. The van der Waals surface area contributed by atoms with Crippen LogP contribution >= 0.6 is 0 Å². The summed E-state index contributed by atoms with van der Waals surface area (Å²) in [4.78, 5) is 16.6. The van der Waals surface area contributed by atoms with Gasteiger partial charge in [0.05, 0.1) is 6.04 Å². The summed E-state index contributed by atoms with van der Waals surface area (Å²) in [5.74, 6) is 1.06. The molecule has 1 aliphatic carbocycles. The van der Waals surface area contributed by atoms with Gasteiger partial charge in [-0.05, 0) is 54.7 Å². The molecular formula is C20H20N4O2. The molecule has 0 saturated heterocycles. The number of benzene rings is 2. The van der Waals surface area contributed by atoms with Gasteiger partial charge in [0, 0.05) is 18.2 Å². The number of fused-ring (bicyclic) bond motifs is 1. The molecule has 0 fully saturated rings. The fourth-order valence-corrected chi connectivity index (χ4v) is 3.35. The maximum atomic E-state index is 12.4. The van der Waals surface area contributed by atoms with Gasteiger partial charge in [0.15, 0.2) is 0 Å². The quantitative estimate of drug-likeness (QED) is 0.742. The minimum atomic E-state index is -0.199. The van der Waals surface area contributed by atoms with E-state index in [1.807, 2.05) is 36.4 Å². The fourth-order valence-electron chi connectivity index (χ4n) is 3.35. The number of amides is 2. The first-order valence-corrected chi connectivity index (χ1v) is 8.75. The van der Waals surface area contributed by atoms with Crippen molar-refractivity contribution < 1.29 is 9.32 Å². The number of urea groups is 1. The predicted molar refractivity (Wildman–Crippen MR) is 98.7 cm³/mol. The number of nitrogens with zero attached hydrogens (tertiary/aromatic N) is 2. The van der Waals surface area contributed by atoms with E-state index in [-0.39, 0.29) is 12.1 Å². The van der Waals surface area contributed by atoms with Gasteiger partial charge in [-0.15, -0.1) is 0 Å².